The van der Waals surface area contributed by atoms with Gasteiger partial charge in [0.15, 0.2) is 5.82 Å². The fraction of sp³-hybridized carbons (Fsp3) is 0.600. The third-order valence-corrected chi connectivity index (χ3v) is 5.36. The van der Waals surface area contributed by atoms with E-state index in [-0.39, 0.29) is 12.3 Å². The van der Waals surface area contributed by atoms with Crippen molar-refractivity contribution < 1.29 is 14.5 Å². The molecule has 7 nitrogen and oxygen atoms in total. The van der Waals surface area contributed by atoms with Crippen LogP contribution < -0.4 is 5.48 Å². The molecule has 2 heterocycles. The van der Waals surface area contributed by atoms with Crippen molar-refractivity contribution in [1.29, 1.82) is 0 Å². The van der Waals surface area contributed by atoms with E-state index < -0.39 is 5.91 Å². The second-order valence-corrected chi connectivity index (χ2v) is 7.46. The molecule has 2 aromatic heterocycles. The summed E-state index contributed by atoms with van der Waals surface area (Å²) in [6.07, 6.45) is 13.9. The first-order valence-corrected chi connectivity index (χ1v) is 9.89. The molecule has 1 unspecified atom stereocenters. The first-order chi connectivity index (χ1) is 13.2. The normalized spacial score (nSPS) is 16.2. The number of nitrogens with one attached hydrogen (secondary N) is 1. The maximum absolute atomic E-state index is 11.7. The molecule has 7 heteroatoms. The summed E-state index contributed by atoms with van der Waals surface area (Å²) < 4.78 is 5.44. The number of hydrogen-bond acceptors (Lipinski definition) is 6. The van der Waals surface area contributed by atoms with E-state index in [1.54, 1.807) is 17.9 Å². The topological polar surface area (TPSA) is 101 Å². The number of hydrogen-bond donors (Lipinski definition) is 2. The van der Waals surface area contributed by atoms with Crippen LogP contribution in [0.3, 0.4) is 0 Å². The molecule has 0 radical (unpaired) electrons. The molecule has 0 saturated heterocycles. The van der Waals surface area contributed by atoms with Crippen LogP contribution in [0, 0.1) is 5.92 Å². The number of carbonyl (C=O) groups excluding carboxylic acids is 1. The second kappa shape index (κ2) is 10.2. The van der Waals surface area contributed by atoms with Crippen LogP contribution in [0.1, 0.15) is 81.0 Å². The van der Waals surface area contributed by atoms with Gasteiger partial charge in [0, 0.05) is 31.2 Å². The molecule has 2 aromatic rings. The van der Waals surface area contributed by atoms with E-state index in [4.69, 9.17) is 9.73 Å². The summed E-state index contributed by atoms with van der Waals surface area (Å²) in [6.45, 7) is 0. The van der Waals surface area contributed by atoms with Gasteiger partial charge in [-0.3, -0.25) is 15.0 Å². The fourth-order valence-electron chi connectivity index (χ4n) is 3.90. The first-order valence-electron chi connectivity index (χ1n) is 9.89. The van der Waals surface area contributed by atoms with Gasteiger partial charge in [0.25, 0.3) is 0 Å². The van der Waals surface area contributed by atoms with Crippen LogP contribution in [0.25, 0.3) is 0 Å². The van der Waals surface area contributed by atoms with Crippen molar-refractivity contribution >= 4 is 5.91 Å². The summed E-state index contributed by atoms with van der Waals surface area (Å²) >= 11 is 0. The zero-order chi connectivity index (χ0) is 18.9. The molecule has 1 saturated carbocycles. The summed E-state index contributed by atoms with van der Waals surface area (Å²) in [5, 5.41) is 12.9. The minimum atomic E-state index is -0.426. The highest BCUT2D eigenvalue weighted by Gasteiger charge is 2.23. The highest BCUT2D eigenvalue weighted by molar-refractivity contribution is 5.75. The molecule has 27 heavy (non-hydrogen) atoms. The Balaban J connectivity index is 1.59. The van der Waals surface area contributed by atoms with Gasteiger partial charge in [-0.25, -0.2) is 5.48 Å². The molecule has 0 bridgehead atoms. The maximum atomic E-state index is 11.7. The number of nitrogens with zero attached hydrogens (tertiary/aromatic N) is 3. The van der Waals surface area contributed by atoms with Crippen molar-refractivity contribution in [3.05, 3.63) is 41.8 Å². The quantitative estimate of drug-likeness (QED) is 0.513. The predicted octanol–water partition coefficient (Wildman–Crippen LogP) is 3.79. The van der Waals surface area contributed by atoms with Gasteiger partial charge in [0.2, 0.25) is 11.8 Å². The van der Waals surface area contributed by atoms with Crippen LogP contribution in [-0.4, -0.2) is 26.2 Å². The van der Waals surface area contributed by atoms with E-state index in [9.17, 15) is 4.79 Å². The molecule has 0 aliphatic heterocycles. The summed E-state index contributed by atoms with van der Waals surface area (Å²) in [5.41, 5.74) is 2.72. The largest absolute Gasteiger partial charge is 0.339 e. The lowest BCUT2D eigenvalue weighted by atomic mass is 9.84. The Bertz CT molecular complexity index is 698. The standard InChI is InChI=1S/C20H28N4O3/c25-19(23-26)13-17(10-4-8-15-6-2-1-3-7-15)20-22-18(24-27-20)12-16-9-5-11-21-14-16/h5,9,11,14-15,17,26H,1-4,6-8,10,12-13H2,(H,23,25). The van der Waals surface area contributed by atoms with Crippen LogP contribution in [0.4, 0.5) is 0 Å². The Morgan fingerprint density at radius 3 is 2.93 bits per heavy atom. The Kier molecular flexibility index (Phi) is 7.33. The van der Waals surface area contributed by atoms with E-state index in [0.29, 0.717) is 18.1 Å². The van der Waals surface area contributed by atoms with E-state index >= 15 is 0 Å². The molecule has 0 aromatic carbocycles. The Labute approximate surface area is 159 Å². The van der Waals surface area contributed by atoms with E-state index in [1.165, 1.54) is 38.5 Å². The Hall–Kier alpha value is -2.28. The van der Waals surface area contributed by atoms with Gasteiger partial charge in [-0.1, -0.05) is 56.2 Å². The number of aromatic nitrogens is 3. The van der Waals surface area contributed by atoms with Crippen molar-refractivity contribution in [2.24, 2.45) is 5.92 Å². The average Bonchev–Trinajstić information content (AvgIpc) is 3.17. The highest BCUT2D eigenvalue weighted by atomic mass is 16.5. The van der Waals surface area contributed by atoms with E-state index in [1.807, 2.05) is 12.1 Å². The van der Waals surface area contributed by atoms with Crippen molar-refractivity contribution in [3.8, 4) is 0 Å². The molecule has 1 amide bonds. The van der Waals surface area contributed by atoms with Gasteiger partial charge in [0.05, 0.1) is 0 Å². The van der Waals surface area contributed by atoms with Crippen molar-refractivity contribution in [3.63, 3.8) is 0 Å². The van der Waals surface area contributed by atoms with Gasteiger partial charge in [-0.2, -0.15) is 4.98 Å². The molecule has 0 spiro atoms. The lowest BCUT2D eigenvalue weighted by Gasteiger charge is -2.22. The van der Waals surface area contributed by atoms with Crippen LogP contribution in [0.2, 0.25) is 0 Å². The molecule has 1 atom stereocenters. The number of amides is 1. The third kappa shape index (κ3) is 6.13. The number of carbonyl (C=O) groups is 1. The van der Waals surface area contributed by atoms with Crippen LogP contribution in [0.5, 0.6) is 0 Å². The van der Waals surface area contributed by atoms with Gasteiger partial charge in [-0.05, 0) is 24.0 Å². The van der Waals surface area contributed by atoms with Gasteiger partial charge < -0.3 is 4.52 Å². The fourth-order valence-corrected chi connectivity index (χ4v) is 3.90. The van der Waals surface area contributed by atoms with Crippen LogP contribution >= 0.6 is 0 Å². The van der Waals surface area contributed by atoms with E-state index in [0.717, 1.165) is 24.3 Å². The van der Waals surface area contributed by atoms with Gasteiger partial charge in [-0.15, -0.1) is 0 Å². The third-order valence-electron chi connectivity index (χ3n) is 5.36. The predicted molar refractivity (Wildman–Crippen MR) is 99.1 cm³/mol. The molecule has 3 rings (SSSR count). The summed E-state index contributed by atoms with van der Waals surface area (Å²) in [4.78, 5) is 20.3. The van der Waals surface area contributed by atoms with Crippen LogP contribution in [-0.2, 0) is 11.2 Å². The smallest absolute Gasteiger partial charge is 0.244 e. The SMILES string of the molecule is O=C(CC(CCCC1CCCCC1)c1nc(Cc2cccnc2)no1)NO. The molecule has 146 valence electrons. The number of pyridine rings is 1. The summed E-state index contributed by atoms with van der Waals surface area (Å²) in [6, 6.07) is 3.83. The van der Waals surface area contributed by atoms with Crippen molar-refractivity contribution in [2.45, 2.75) is 70.1 Å². The van der Waals surface area contributed by atoms with Crippen molar-refractivity contribution in [2.75, 3.05) is 0 Å². The van der Waals surface area contributed by atoms with E-state index in [2.05, 4.69) is 15.1 Å². The zero-order valence-electron chi connectivity index (χ0n) is 15.6. The summed E-state index contributed by atoms with van der Waals surface area (Å²) in [5.74, 6) is 1.26. The number of hydroxylamine groups is 1. The van der Waals surface area contributed by atoms with Crippen LogP contribution in [0.15, 0.2) is 29.0 Å². The maximum Gasteiger partial charge on any atom is 0.244 e. The Morgan fingerprint density at radius 2 is 2.19 bits per heavy atom. The first kappa shape index (κ1) is 19.5. The minimum Gasteiger partial charge on any atom is -0.339 e. The average molecular weight is 372 g/mol. The summed E-state index contributed by atoms with van der Waals surface area (Å²) in [7, 11) is 0. The van der Waals surface area contributed by atoms with Gasteiger partial charge in [0.1, 0.15) is 0 Å². The zero-order valence-corrected chi connectivity index (χ0v) is 15.6. The monoisotopic (exact) mass is 372 g/mol. The lowest BCUT2D eigenvalue weighted by molar-refractivity contribution is -0.129. The minimum absolute atomic E-state index is 0.149. The molecule has 2 N–H and O–H groups in total. The highest BCUT2D eigenvalue weighted by Crippen LogP contribution is 2.31. The lowest BCUT2D eigenvalue weighted by Crippen LogP contribution is -2.21. The second-order valence-electron chi connectivity index (χ2n) is 7.46. The molecule has 1 aliphatic rings. The number of rotatable bonds is 9. The molecule has 1 aliphatic carbocycles. The van der Waals surface area contributed by atoms with Crippen molar-refractivity contribution in [1.82, 2.24) is 20.6 Å². The van der Waals surface area contributed by atoms with Gasteiger partial charge >= 0.3 is 0 Å². The molecular formula is C20H28N4O3. The molecule has 1 fully saturated rings. The Morgan fingerprint density at radius 1 is 1.33 bits per heavy atom. The molecular weight excluding hydrogens is 344 g/mol.